The van der Waals surface area contributed by atoms with E-state index in [9.17, 15) is 10.1 Å². The Morgan fingerprint density at radius 3 is 2.67 bits per heavy atom. The number of benzene rings is 2. The largest absolute Gasteiger partial charge is 0.381 e. The lowest BCUT2D eigenvalue weighted by molar-refractivity contribution is -0.385. The van der Waals surface area contributed by atoms with Crippen LogP contribution in [0.15, 0.2) is 46.9 Å². The van der Waals surface area contributed by atoms with E-state index < -0.39 is 0 Å². The minimum atomic E-state index is -0.389. The van der Waals surface area contributed by atoms with Crippen molar-refractivity contribution in [3.05, 3.63) is 62.6 Å². The van der Waals surface area contributed by atoms with Crippen molar-refractivity contribution in [2.45, 2.75) is 6.54 Å². The fourth-order valence-electron chi connectivity index (χ4n) is 1.91. The molecular formula is C15H16BrN3O2. The summed E-state index contributed by atoms with van der Waals surface area (Å²) in [6.45, 7) is 0.533. The first-order valence-electron chi connectivity index (χ1n) is 6.41. The molecule has 2 aromatic rings. The molecule has 1 N–H and O–H groups in total. The van der Waals surface area contributed by atoms with Crippen molar-refractivity contribution >= 4 is 33.0 Å². The zero-order valence-corrected chi connectivity index (χ0v) is 13.4. The Hall–Kier alpha value is -2.08. The van der Waals surface area contributed by atoms with E-state index in [1.54, 1.807) is 12.1 Å². The summed E-state index contributed by atoms with van der Waals surface area (Å²) in [6.07, 6.45) is 0. The van der Waals surface area contributed by atoms with E-state index in [0.717, 1.165) is 16.9 Å². The Balaban J connectivity index is 2.11. The fourth-order valence-corrected chi connectivity index (χ4v) is 2.30. The van der Waals surface area contributed by atoms with Crippen LogP contribution in [0.4, 0.5) is 17.1 Å². The third-order valence-corrected chi connectivity index (χ3v) is 3.74. The highest BCUT2D eigenvalue weighted by Gasteiger charge is 2.12. The topological polar surface area (TPSA) is 58.4 Å². The third-order valence-electron chi connectivity index (χ3n) is 3.07. The molecule has 0 aliphatic carbocycles. The smallest absolute Gasteiger partial charge is 0.283 e. The molecule has 2 aromatic carbocycles. The standard InChI is InChI=1S/C15H16BrN3O2/c1-18(2)13-5-3-4-12(9-13)17-10-11-6-7-14(16)15(8-11)19(20)21/h3-9,17H,10H2,1-2H3. The summed E-state index contributed by atoms with van der Waals surface area (Å²) in [4.78, 5) is 12.6. The van der Waals surface area contributed by atoms with Crippen LogP contribution in [-0.4, -0.2) is 19.0 Å². The van der Waals surface area contributed by atoms with Crippen LogP contribution in [0.3, 0.4) is 0 Å². The van der Waals surface area contributed by atoms with E-state index >= 15 is 0 Å². The van der Waals surface area contributed by atoms with Crippen molar-refractivity contribution in [1.29, 1.82) is 0 Å². The third kappa shape index (κ3) is 3.95. The van der Waals surface area contributed by atoms with Gasteiger partial charge in [0.1, 0.15) is 0 Å². The number of hydrogen-bond donors (Lipinski definition) is 1. The molecule has 0 atom stereocenters. The zero-order chi connectivity index (χ0) is 15.4. The molecule has 0 heterocycles. The predicted octanol–water partition coefficient (Wildman–Crippen LogP) is 4.04. The molecule has 0 fully saturated rings. The Morgan fingerprint density at radius 2 is 2.00 bits per heavy atom. The highest BCUT2D eigenvalue weighted by atomic mass is 79.9. The summed E-state index contributed by atoms with van der Waals surface area (Å²) in [6, 6.07) is 13.1. The Labute approximate surface area is 131 Å². The minimum absolute atomic E-state index is 0.0799. The summed E-state index contributed by atoms with van der Waals surface area (Å²) in [7, 11) is 3.97. The molecule has 0 unspecified atom stereocenters. The fraction of sp³-hybridized carbons (Fsp3) is 0.200. The second-order valence-corrected chi connectivity index (χ2v) is 5.70. The predicted molar refractivity (Wildman–Crippen MR) is 88.9 cm³/mol. The molecule has 2 rings (SSSR count). The van der Waals surface area contributed by atoms with Crippen LogP contribution in [-0.2, 0) is 6.54 Å². The molecule has 5 nitrogen and oxygen atoms in total. The van der Waals surface area contributed by atoms with Gasteiger partial charge in [-0.3, -0.25) is 10.1 Å². The van der Waals surface area contributed by atoms with Crippen molar-refractivity contribution in [1.82, 2.24) is 0 Å². The van der Waals surface area contributed by atoms with Crippen molar-refractivity contribution in [3.63, 3.8) is 0 Å². The normalized spacial score (nSPS) is 10.2. The first-order chi connectivity index (χ1) is 9.97. The number of nitrogens with one attached hydrogen (secondary N) is 1. The van der Waals surface area contributed by atoms with Gasteiger partial charge in [-0.15, -0.1) is 0 Å². The Bertz CT molecular complexity index is 659. The van der Waals surface area contributed by atoms with E-state index in [0.29, 0.717) is 11.0 Å². The number of halogens is 1. The summed E-state index contributed by atoms with van der Waals surface area (Å²) < 4.78 is 0.492. The van der Waals surface area contributed by atoms with Gasteiger partial charge < -0.3 is 10.2 Å². The van der Waals surface area contributed by atoms with Gasteiger partial charge in [-0.1, -0.05) is 12.1 Å². The molecule has 21 heavy (non-hydrogen) atoms. The molecule has 110 valence electrons. The maximum Gasteiger partial charge on any atom is 0.283 e. The van der Waals surface area contributed by atoms with Gasteiger partial charge in [0.2, 0.25) is 0 Å². The second-order valence-electron chi connectivity index (χ2n) is 4.84. The lowest BCUT2D eigenvalue weighted by Gasteiger charge is -2.14. The van der Waals surface area contributed by atoms with E-state index in [1.807, 2.05) is 49.3 Å². The number of nitrogens with zero attached hydrogens (tertiary/aromatic N) is 2. The van der Waals surface area contributed by atoms with Gasteiger partial charge in [0.05, 0.1) is 9.40 Å². The molecule has 0 saturated carbocycles. The van der Waals surface area contributed by atoms with Crippen LogP contribution < -0.4 is 10.2 Å². The molecule has 0 aliphatic rings. The SMILES string of the molecule is CN(C)c1cccc(NCc2ccc(Br)c([N+](=O)[O-])c2)c1. The quantitative estimate of drug-likeness (QED) is 0.653. The van der Waals surface area contributed by atoms with Gasteiger partial charge >= 0.3 is 0 Å². The van der Waals surface area contributed by atoms with E-state index in [-0.39, 0.29) is 10.6 Å². The monoisotopic (exact) mass is 349 g/mol. The minimum Gasteiger partial charge on any atom is -0.381 e. The van der Waals surface area contributed by atoms with Gasteiger partial charge in [-0.05, 0) is 45.8 Å². The average Bonchev–Trinajstić information content (AvgIpc) is 2.46. The summed E-state index contributed by atoms with van der Waals surface area (Å²) >= 11 is 3.18. The van der Waals surface area contributed by atoms with Gasteiger partial charge in [0, 0.05) is 38.1 Å². The second kappa shape index (κ2) is 6.58. The van der Waals surface area contributed by atoms with Crippen LogP contribution >= 0.6 is 15.9 Å². The summed E-state index contributed by atoms with van der Waals surface area (Å²) in [5, 5.41) is 14.2. The molecule has 0 radical (unpaired) electrons. The van der Waals surface area contributed by atoms with Crippen LogP contribution in [0.2, 0.25) is 0 Å². The molecule has 0 bridgehead atoms. The lowest BCUT2D eigenvalue weighted by atomic mass is 10.2. The number of anilines is 2. The van der Waals surface area contributed by atoms with Crippen molar-refractivity contribution in [3.8, 4) is 0 Å². The number of hydrogen-bond acceptors (Lipinski definition) is 4. The first kappa shape index (κ1) is 15.3. The van der Waals surface area contributed by atoms with Gasteiger partial charge in [0.25, 0.3) is 5.69 Å². The highest BCUT2D eigenvalue weighted by molar-refractivity contribution is 9.10. The summed E-state index contributed by atoms with van der Waals surface area (Å²) in [5.74, 6) is 0. The zero-order valence-electron chi connectivity index (χ0n) is 11.8. The molecule has 0 spiro atoms. The van der Waals surface area contributed by atoms with Gasteiger partial charge in [-0.2, -0.15) is 0 Å². The maximum atomic E-state index is 10.9. The molecule has 0 aliphatic heterocycles. The number of nitro benzene ring substituents is 1. The molecule has 0 amide bonds. The van der Waals surface area contributed by atoms with Crippen molar-refractivity contribution < 1.29 is 4.92 Å². The highest BCUT2D eigenvalue weighted by Crippen LogP contribution is 2.26. The van der Waals surface area contributed by atoms with E-state index in [1.165, 1.54) is 0 Å². The van der Waals surface area contributed by atoms with Crippen molar-refractivity contribution in [2.75, 3.05) is 24.3 Å². The van der Waals surface area contributed by atoms with Gasteiger partial charge in [0.15, 0.2) is 0 Å². The Kier molecular flexibility index (Phi) is 4.80. The van der Waals surface area contributed by atoms with E-state index in [4.69, 9.17) is 0 Å². The number of nitro groups is 1. The molecule has 0 saturated heterocycles. The summed E-state index contributed by atoms with van der Waals surface area (Å²) in [5.41, 5.74) is 3.02. The average molecular weight is 350 g/mol. The van der Waals surface area contributed by atoms with Crippen LogP contribution in [0, 0.1) is 10.1 Å². The van der Waals surface area contributed by atoms with E-state index in [2.05, 4.69) is 21.2 Å². The molecule has 6 heteroatoms. The maximum absolute atomic E-state index is 10.9. The van der Waals surface area contributed by atoms with Crippen LogP contribution in [0.1, 0.15) is 5.56 Å². The number of rotatable bonds is 5. The van der Waals surface area contributed by atoms with Crippen molar-refractivity contribution in [2.24, 2.45) is 0 Å². The Morgan fingerprint density at radius 1 is 1.24 bits per heavy atom. The lowest BCUT2D eigenvalue weighted by Crippen LogP contribution is -2.09. The van der Waals surface area contributed by atoms with Crippen LogP contribution in [0.5, 0.6) is 0 Å². The molecule has 0 aromatic heterocycles. The first-order valence-corrected chi connectivity index (χ1v) is 7.21. The molecular weight excluding hydrogens is 334 g/mol. The van der Waals surface area contributed by atoms with Crippen LogP contribution in [0.25, 0.3) is 0 Å². The van der Waals surface area contributed by atoms with Gasteiger partial charge in [-0.25, -0.2) is 0 Å².